The van der Waals surface area contributed by atoms with Crippen molar-refractivity contribution >= 4 is 18.2 Å². The highest BCUT2D eigenvalue weighted by molar-refractivity contribution is 5.82. The molecular weight excluding hydrogens is 769 g/mol. The zero-order chi connectivity index (χ0) is 45.1. The Labute approximate surface area is 376 Å². The number of rotatable bonds is 45. The van der Waals surface area contributed by atoms with Crippen molar-refractivity contribution in [2.24, 2.45) is 0 Å². The molecule has 0 saturated heterocycles. The summed E-state index contributed by atoms with van der Waals surface area (Å²) < 4.78 is 28.2. The van der Waals surface area contributed by atoms with Crippen molar-refractivity contribution < 1.29 is 38.1 Å². The Kier molecular flexibility index (Phi) is 40.5. The van der Waals surface area contributed by atoms with Crippen LogP contribution in [-0.4, -0.2) is 75.5 Å². The van der Waals surface area contributed by atoms with E-state index in [2.05, 4.69) is 24.5 Å². The maximum Gasteiger partial charge on any atom is 0.407 e. The van der Waals surface area contributed by atoms with Crippen LogP contribution in [0.1, 0.15) is 253 Å². The lowest BCUT2D eigenvalue weighted by Gasteiger charge is -2.31. The van der Waals surface area contributed by atoms with E-state index in [1.807, 2.05) is 27.7 Å². The minimum absolute atomic E-state index is 0.104. The van der Waals surface area contributed by atoms with Crippen molar-refractivity contribution in [1.29, 1.82) is 0 Å². The van der Waals surface area contributed by atoms with Gasteiger partial charge in [-0.2, -0.15) is 0 Å². The number of amides is 2. The first-order valence-corrected chi connectivity index (χ1v) is 25.7. The minimum Gasteiger partial charge on any atom is -0.464 e. The summed E-state index contributed by atoms with van der Waals surface area (Å²) >= 11 is 0. The highest BCUT2D eigenvalue weighted by Gasteiger charge is 2.28. The smallest absolute Gasteiger partial charge is 0.407 e. The Morgan fingerprint density at radius 1 is 0.459 bits per heavy atom. The molecule has 10 nitrogen and oxygen atoms in total. The maximum absolute atomic E-state index is 13.2. The van der Waals surface area contributed by atoms with Crippen molar-refractivity contribution in [2.45, 2.75) is 271 Å². The average Bonchev–Trinajstić information content (AvgIpc) is 3.24. The fourth-order valence-corrected chi connectivity index (χ4v) is 7.35. The van der Waals surface area contributed by atoms with Gasteiger partial charge in [-0.05, 0) is 46.5 Å². The van der Waals surface area contributed by atoms with Crippen LogP contribution in [0, 0.1) is 0 Å². The lowest BCUT2D eigenvalue weighted by Crippen LogP contribution is -2.49. The van der Waals surface area contributed by atoms with Gasteiger partial charge >= 0.3 is 18.2 Å². The van der Waals surface area contributed by atoms with Gasteiger partial charge in [0.05, 0.1) is 44.2 Å². The van der Waals surface area contributed by atoms with Crippen molar-refractivity contribution in [3.63, 3.8) is 0 Å². The summed E-state index contributed by atoms with van der Waals surface area (Å²) in [5, 5.41) is 5.26. The minimum atomic E-state index is -1.12. The second kappa shape index (κ2) is 41.9. The number of hydrogen-bond donors (Lipinski definition) is 2. The Hall–Kier alpha value is -2.07. The SMILES string of the molecule is CCCCCCCCCCCCCCCCCCOC(=O)NC(CNC(=O)OCCCCCCCCCCCCCCCC)C(=O)OCCC(C)(CC)OCCC(C)(C)OC. The van der Waals surface area contributed by atoms with Crippen LogP contribution in [0.15, 0.2) is 0 Å². The van der Waals surface area contributed by atoms with E-state index in [1.54, 1.807) is 7.11 Å². The Bertz CT molecular complexity index is 1010. The lowest BCUT2D eigenvalue weighted by molar-refractivity contribution is -0.148. The molecule has 61 heavy (non-hydrogen) atoms. The first-order chi connectivity index (χ1) is 29.5. The van der Waals surface area contributed by atoms with Crippen LogP contribution >= 0.6 is 0 Å². The number of alkyl carbamates (subject to hydrolysis) is 2. The van der Waals surface area contributed by atoms with Gasteiger partial charge in [0.1, 0.15) is 6.04 Å². The van der Waals surface area contributed by atoms with Gasteiger partial charge in [0.15, 0.2) is 0 Å². The third-order valence-corrected chi connectivity index (χ3v) is 12.3. The molecule has 10 heteroatoms. The molecule has 2 atom stereocenters. The zero-order valence-corrected chi connectivity index (χ0v) is 41.2. The Morgan fingerprint density at radius 3 is 1.21 bits per heavy atom. The second-order valence-corrected chi connectivity index (χ2v) is 18.5. The normalized spacial score (nSPS) is 13.1. The monoisotopic (exact) mass is 869 g/mol. The predicted octanol–water partition coefficient (Wildman–Crippen LogP) is 14.5. The van der Waals surface area contributed by atoms with E-state index in [0.29, 0.717) is 19.6 Å². The zero-order valence-electron chi connectivity index (χ0n) is 41.2. The Balaban J connectivity index is 4.55. The number of hydrogen-bond acceptors (Lipinski definition) is 8. The van der Waals surface area contributed by atoms with Crippen LogP contribution in [0.4, 0.5) is 9.59 Å². The van der Waals surface area contributed by atoms with E-state index in [1.165, 1.54) is 154 Å². The highest BCUT2D eigenvalue weighted by Crippen LogP contribution is 2.23. The fourth-order valence-electron chi connectivity index (χ4n) is 7.35. The van der Waals surface area contributed by atoms with E-state index >= 15 is 0 Å². The van der Waals surface area contributed by atoms with Gasteiger partial charge in [-0.1, -0.05) is 201 Å². The molecule has 0 aromatic heterocycles. The molecule has 0 spiro atoms. The summed E-state index contributed by atoms with van der Waals surface area (Å²) in [5.41, 5.74) is -0.783. The molecule has 2 unspecified atom stereocenters. The van der Waals surface area contributed by atoms with Gasteiger partial charge in [-0.3, -0.25) is 0 Å². The van der Waals surface area contributed by atoms with E-state index in [4.69, 9.17) is 23.7 Å². The van der Waals surface area contributed by atoms with Gasteiger partial charge < -0.3 is 34.3 Å². The fraction of sp³-hybridized carbons (Fsp3) is 0.941. The molecule has 2 amide bonds. The molecule has 0 aliphatic rings. The summed E-state index contributed by atoms with van der Waals surface area (Å²) in [6.07, 6.45) is 38.6. The number of methoxy groups -OCH3 is 1. The lowest BCUT2D eigenvalue weighted by atomic mass is 9.99. The second-order valence-electron chi connectivity index (χ2n) is 18.5. The molecule has 0 aromatic rings. The summed E-state index contributed by atoms with van der Waals surface area (Å²) in [4.78, 5) is 38.6. The number of unbranched alkanes of at least 4 members (excludes halogenated alkanes) is 28. The van der Waals surface area contributed by atoms with Gasteiger partial charge in [0.25, 0.3) is 0 Å². The molecule has 0 fully saturated rings. The third-order valence-electron chi connectivity index (χ3n) is 12.3. The van der Waals surface area contributed by atoms with Crippen molar-refractivity contribution in [3.8, 4) is 0 Å². The first-order valence-electron chi connectivity index (χ1n) is 25.7. The maximum atomic E-state index is 13.2. The van der Waals surface area contributed by atoms with Gasteiger partial charge in [-0.15, -0.1) is 0 Å². The van der Waals surface area contributed by atoms with Gasteiger partial charge in [0, 0.05) is 13.5 Å². The number of carbonyl (C=O) groups is 3. The average molecular weight is 869 g/mol. The molecule has 0 aliphatic heterocycles. The molecule has 0 heterocycles. The topological polar surface area (TPSA) is 121 Å². The van der Waals surface area contributed by atoms with Crippen LogP contribution < -0.4 is 10.6 Å². The quantitative estimate of drug-likeness (QED) is 0.0353. The first kappa shape index (κ1) is 58.9. The molecule has 0 radical (unpaired) electrons. The molecule has 0 aromatic carbocycles. The van der Waals surface area contributed by atoms with Gasteiger partial charge in [0.2, 0.25) is 0 Å². The number of ether oxygens (including phenoxy) is 5. The van der Waals surface area contributed by atoms with E-state index in [-0.39, 0.29) is 25.4 Å². The highest BCUT2D eigenvalue weighted by atomic mass is 16.6. The summed E-state index contributed by atoms with van der Waals surface area (Å²) in [5.74, 6) is -0.648. The molecule has 2 N–H and O–H groups in total. The largest absolute Gasteiger partial charge is 0.464 e. The van der Waals surface area contributed by atoms with Crippen molar-refractivity contribution in [3.05, 3.63) is 0 Å². The summed E-state index contributed by atoms with van der Waals surface area (Å²) in [6.45, 7) is 13.6. The molecule has 362 valence electrons. The van der Waals surface area contributed by atoms with Crippen molar-refractivity contribution in [2.75, 3.05) is 40.1 Å². The third kappa shape index (κ3) is 39.3. The van der Waals surface area contributed by atoms with Crippen LogP contribution in [0.5, 0.6) is 0 Å². The predicted molar refractivity (Wildman–Crippen MR) is 253 cm³/mol. The summed E-state index contributed by atoms with van der Waals surface area (Å²) in [6, 6.07) is -1.12. The molecule has 0 bridgehead atoms. The van der Waals surface area contributed by atoms with E-state index in [0.717, 1.165) is 51.4 Å². The number of esters is 1. The van der Waals surface area contributed by atoms with E-state index in [9.17, 15) is 14.4 Å². The molecular formula is C51H100N2O8. The molecule has 0 aliphatic carbocycles. The standard InChI is InChI=1S/C51H100N2O8/c1-8-11-13-15-17-19-21-23-25-26-28-30-32-34-36-38-42-60-49(56)53-46(47(54)58-43-40-51(6,10-3)61-44-39-50(4,5)57-7)45-52-48(55)59-41-37-35-33-31-29-27-24-22-20-18-16-14-12-9-2/h46H,8-45H2,1-7H3,(H,52,55)(H,53,56). The van der Waals surface area contributed by atoms with Crippen LogP contribution in [0.25, 0.3) is 0 Å². The Morgan fingerprint density at radius 2 is 0.836 bits per heavy atom. The molecule has 0 saturated carbocycles. The van der Waals surface area contributed by atoms with Crippen LogP contribution in [0.2, 0.25) is 0 Å². The van der Waals surface area contributed by atoms with Crippen molar-refractivity contribution in [1.82, 2.24) is 10.6 Å². The number of nitrogens with one attached hydrogen (secondary N) is 2. The van der Waals surface area contributed by atoms with Crippen LogP contribution in [0.3, 0.4) is 0 Å². The summed E-state index contributed by atoms with van der Waals surface area (Å²) in [7, 11) is 1.69. The number of carbonyl (C=O) groups excluding carboxylic acids is 3. The van der Waals surface area contributed by atoms with Gasteiger partial charge in [-0.25, -0.2) is 14.4 Å². The van der Waals surface area contributed by atoms with E-state index < -0.39 is 29.8 Å². The van der Waals surface area contributed by atoms with Crippen LogP contribution in [-0.2, 0) is 28.5 Å². The molecule has 0 rings (SSSR count).